The lowest BCUT2D eigenvalue weighted by Crippen LogP contribution is -2.40. The van der Waals surface area contributed by atoms with Gasteiger partial charge in [-0.2, -0.15) is 4.31 Å². The minimum absolute atomic E-state index is 0.0393. The van der Waals surface area contributed by atoms with Crippen molar-refractivity contribution >= 4 is 43.5 Å². The highest BCUT2D eigenvalue weighted by Crippen LogP contribution is 2.32. The summed E-state index contributed by atoms with van der Waals surface area (Å²) in [6.45, 7) is 3.03. The van der Waals surface area contributed by atoms with Crippen molar-refractivity contribution in [1.82, 2.24) is 4.31 Å². The third kappa shape index (κ3) is 4.52. The van der Waals surface area contributed by atoms with Gasteiger partial charge in [-0.1, -0.05) is 33.6 Å². The van der Waals surface area contributed by atoms with E-state index in [2.05, 4.69) is 15.9 Å². The van der Waals surface area contributed by atoms with Gasteiger partial charge in [0.15, 0.2) is 5.75 Å². The Balaban J connectivity index is 1.86. The molecule has 3 rings (SSSR count). The van der Waals surface area contributed by atoms with Crippen molar-refractivity contribution in [2.24, 2.45) is 0 Å². The summed E-state index contributed by atoms with van der Waals surface area (Å²) in [7, 11) is -3.70. The predicted octanol–water partition coefficient (Wildman–Crippen LogP) is 3.65. The molecule has 1 aliphatic rings. The van der Waals surface area contributed by atoms with Gasteiger partial charge in [0.1, 0.15) is 0 Å². The number of morpholine rings is 1. The van der Waals surface area contributed by atoms with Crippen LogP contribution in [0.4, 0.5) is 0 Å². The summed E-state index contributed by atoms with van der Waals surface area (Å²) in [4.78, 5) is 12.6. The quantitative estimate of drug-likeness (QED) is 0.500. The van der Waals surface area contributed by atoms with Crippen LogP contribution >= 0.6 is 27.5 Å². The molecule has 0 radical (unpaired) electrons. The summed E-state index contributed by atoms with van der Waals surface area (Å²) in [5, 5.41) is 0.285. The number of aryl methyl sites for hydroxylation is 1. The van der Waals surface area contributed by atoms with Crippen molar-refractivity contribution in [2.45, 2.75) is 11.8 Å². The van der Waals surface area contributed by atoms with Crippen molar-refractivity contribution in [3.05, 3.63) is 57.0 Å². The Morgan fingerprint density at radius 3 is 2.59 bits per heavy atom. The number of benzene rings is 2. The van der Waals surface area contributed by atoms with Gasteiger partial charge in [-0.25, -0.2) is 13.2 Å². The van der Waals surface area contributed by atoms with Gasteiger partial charge < -0.3 is 9.47 Å². The Morgan fingerprint density at radius 2 is 1.93 bits per heavy atom. The monoisotopic (exact) mass is 473 g/mol. The third-order valence-electron chi connectivity index (χ3n) is 4.07. The van der Waals surface area contributed by atoms with Crippen LogP contribution in [0.3, 0.4) is 0 Å². The molecular formula is C18H17BrClNO5S. The number of carbonyl (C=O) groups excluding carboxylic acids is 1. The Hall–Kier alpha value is -1.45. The molecule has 6 nitrogen and oxygen atoms in total. The average molecular weight is 475 g/mol. The molecule has 27 heavy (non-hydrogen) atoms. The van der Waals surface area contributed by atoms with Gasteiger partial charge in [0.25, 0.3) is 0 Å². The molecule has 0 bridgehead atoms. The molecule has 1 heterocycles. The van der Waals surface area contributed by atoms with Crippen molar-refractivity contribution in [2.75, 3.05) is 26.3 Å². The molecule has 0 atom stereocenters. The SMILES string of the molecule is Cc1cc(Br)cc(Cl)c1OC(=O)c1cccc(S(=O)(=O)N2CCOCC2)c1. The van der Waals surface area contributed by atoms with Crippen molar-refractivity contribution in [1.29, 1.82) is 0 Å². The summed E-state index contributed by atoms with van der Waals surface area (Å²) in [6, 6.07) is 9.18. The fraction of sp³-hybridized carbons (Fsp3) is 0.278. The van der Waals surface area contributed by atoms with Crippen LogP contribution in [0.5, 0.6) is 5.75 Å². The lowest BCUT2D eigenvalue weighted by atomic mass is 10.2. The normalized spacial score (nSPS) is 15.5. The molecular weight excluding hydrogens is 458 g/mol. The number of rotatable bonds is 4. The standard InChI is InChI=1S/C18H17BrClNO5S/c1-12-9-14(19)11-16(20)17(12)26-18(22)13-3-2-4-15(10-13)27(23,24)21-5-7-25-8-6-21/h2-4,9-11H,5-8H2,1H3. The molecule has 1 aliphatic heterocycles. The number of hydrogen-bond donors (Lipinski definition) is 0. The molecule has 9 heteroatoms. The molecule has 1 saturated heterocycles. The second-order valence-electron chi connectivity index (χ2n) is 5.97. The van der Waals surface area contributed by atoms with E-state index < -0.39 is 16.0 Å². The van der Waals surface area contributed by atoms with Crippen molar-refractivity contribution < 1.29 is 22.7 Å². The van der Waals surface area contributed by atoms with E-state index in [1.807, 2.05) is 0 Å². The third-order valence-corrected chi connectivity index (χ3v) is 6.70. The van der Waals surface area contributed by atoms with Crippen LogP contribution in [0.2, 0.25) is 5.02 Å². The second-order valence-corrected chi connectivity index (χ2v) is 9.23. The first kappa shape index (κ1) is 20.3. The molecule has 0 aliphatic carbocycles. The highest BCUT2D eigenvalue weighted by Gasteiger charge is 2.27. The van der Waals surface area contributed by atoms with Crippen molar-refractivity contribution in [3.63, 3.8) is 0 Å². The maximum atomic E-state index is 12.8. The molecule has 0 amide bonds. The van der Waals surface area contributed by atoms with Crippen LogP contribution in [0.15, 0.2) is 45.8 Å². The molecule has 1 fully saturated rings. The van der Waals surface area contributed by atoms with E-state index in [0.717, 1.165) is 4.47 Å². The Morgan fingerprint density at radius 1 is 1.22 bits per heavy atom. The van der Waals surface area contributed by atoms with Gasteiger partial charge >= 0.3 is 5.97 Å². The van der Waals surface area contributed by atoms with E-state index in [0.29, 0.717) is 18.8 Å². The van der Waals surface area contributed by atoms with Crippen LogP contribution in [0.25, 0.3) is 0 Å². The fourth-order valence-corrected chi connectivity index (χ4v) is 5.15. The highest BCUT2D eigenvalue weighted by molar-refractivity contribution is 9.10. The van der Waals surface area contributed by atoms with E-state index in [1.54, 1.807) is 19.1 Å². The van der Waals surface area contributed by atoms with Crippen molar-refractivity contribution in [3.8, 4) is 5.75 Å². The summed E-state index contributed by atoms with van der Waals surface area (Å²) in [6.07, 6.45) is 0. The van der Waals surface area contributed by atoms with E-state index in [4.69, 9.17) is 21.1 Å². The zero-order chi connectivity index (χ0) is 19.6. The fourth-order valence-electron chi connectivity index (χ4n) is 2.69. The molecule has 144 valence electrons. The summed E-state index contributed by atoms with van der Waals surface area (Å²) < 4.78 is 38.2. The number of carbonyl (C=O) groups is 1. The lowest BCUT2D eigenvalue weighted by Gasteiger charge is -2.26. The first-order chi connectivity index (χ1) is 12.8. The van der Waals surface area contributed by atoms with Gasteiger partial charge in [0.05, 0.1) is 28.7 Å². The van der Waals surface area contributed by atoms with Crippen LogP contribution in [0, 0.1) is 6.92 Å². The molecule has 0 saturated carbocycles. The lowest BCUT2D eigenvalue weighted by molar-refractivity contribution is 0.0726. The van der Waals surface area contributed by atoms with Crippen LogP contribution in [-0.4, -0.2) is 45.0 Å². The number of nitrogens with zero attached hydrogens (tertiary/aromatic N) is 1. The molecule has 0 unspecified atom stereocenters. The highest BCUT2D eigenvalue weighted by atomic mass is 79.9. The first-order valence-electron chi connectivity index (χ1n) is 8.15. The Bertz CT molecular complexity index is 950. The number of ether oxygens (including phenoxy) is 2. The van der Waals surface area contributed by atoms with E-state index in [-0.39, 0.29) is 34.3 Å². The zero-order valence-corrected chi connectivity index (χ0v) is 17.6. The maximum absolute atomic E-state index is 12.8. The van der Waals surface area contributed by atoms with Crippen LogP contribution < -0.4 is 4.74 Å². The van der Waals surface area contributed by atoms with Crippen LogP contribution in [0.1, 0.15) is 15.9 Å². The topological polar surface area (TPSA) is 72.9 Å². The van der Waals surface area contributed by atoms with Gasteiger partial charge in [-0.3, -0.25) is 0 Å². The first-order valence-corrected chi connectivity index (χ1v) is 10.8. The van der Waals surface area contributed by atoms with Crippen LogP contribution in [-0.2, 0) is 14.8 Å². The number of sulfonamides is 1. The Labute approximate surface area is 171 Å². The van der Waals surface area contributed by atoms with E-state index >= 15 is 0 Å². The maximum Gasteiger partial charge on any atom is 0.343 e. The predicted molar refractivity (Wildman–Crippen MR) is 105 cm³/mol. The Kier molecular flexibility index (Phi) is 6.22. The van der Waals surface area contributed by atoms with E-state index in [1.165, 1.54) is 28.6 Å². The average Bonchev–Trinajstić information content (AvgIpc) is 2.65. The summed E-state index contributed by atoms with van der Waals surface area (Å²) >= 11 is 9.47. The minimum atomic E-state index is -3.70. The molecule has 2 aromatic rings. The van der Waals surface area contributed by atoms with E-state index in [9.17, 15) is 13.2 Å². The molecule has 0 N–H and O–H groups in total. The second kappa shape index (κ2) is 8.28. The van der Waals surface area contributed by atoms with Gasteiger partial charge in [0, 0.05) is 17.6 Å². The van der Waals surface area contributed by atoms with Gasteiger partial charge in [0.2, 0.25) is 10.0 Å². The summed E-state index contributed by atoms with van der Waals surface area (Å²) in [5.74, 6) is -0.437. The van der Waals surface area contributed by atoms with Gasteiger partial charge in [-0.15, -0.1) is 0 Å². The largest absolute Gasteiger partial charge is 0.421 e. The summed E-state index contributed by atoms with van der Waals surface area (Å²) in [5.41, 5.74) is 0.808. The number of hydrogen-bond acceptors (Lipinski definition) is 5. The minimum Gasteiger partial charge on any atom is -0.421 e. The number of halogens is 2. The number of esters is 1. The smallest absolute Gasteiger partial charge is 0.343 e. The molecule has 2 aromatic carbocycles. The molecule has 0 spiro atoms. The van der Waals surface area contributed by atoms with Gasteiger partial charge in [-0.05, 0) is 42.8 Å². The zero-order valence-electron chi connectivity index (χ0n) is 14.4. The molecule has 0 aromatic heterocycles.